The van der Waals surface area contributed by atoms with Gasteiger partial charge in [0.1, 0.15) is 0 Å². The predicted octanol–water partition coefficient (Wildman–Crippen LogP) is 1.67. The molecule has 1 aromatic heterocycles. The summed E-state index contributed by atoms with van der Waals surface area (Å²) in [6, 6.07) is 0. The molecule has 78 valence electrons. The highest BCUT2D eigenvalue weighted by Crippen LogP contribution is 2.45. The van der Waals surface area contributed by atoms with Gasteiger partial charge in [0, 0.05) is 23.9 Å². The van der Waals surface area contributed by atoms with E-state index in [1.54, 1.807) is 0 Å². The van der Waals surface area contributed by atoms with Crippen molar-refractivity contribution in [3.8, 4) is 0 Å². The van der Waals surface area contributed by atoms with Crippen LogP contribution in [0.1, 0.15) is 38.3 Å². The van der Waals surface area contributed by atoms with Gasteiger partial charge >= 0.3 is 0 Å². The summed E-state index contributed by atoms with van der Waals surface area (Å²) in [7, 11) is 0. The van der Waals surface area contributed by atoms with Crippen molar-refractivity contribution in [1.29, 1.82) is 0 Å². The van der Waals surface area contributed by atoms with E-state index in [1.807, 2.05) is 12.5 Å². The number of hydrogen-bond acceptors (Lipinski definition) is 2. The van der Waals surface area contributed by atoms with E-state index >= 15 is 0 Å². The fourth-order valence-electron chi connectivity index (χ4n) is 2.53. The lowest BCUT2D eigenvalue weighted by molar-refractivity contribution is 0.215. The monoisotopic (exact) mass is 193 g/mol. The molecule has 0 atom stereocenters. The summed E-state index contributed by atoms with van der Waals surface area (Å²) < 4.78 is 2.26. The summed E-state index contributed by atoms with van der Waals surface area (Å²) in [4.78, 5) is 4.25. The molecule has 1 aliphatic carbocycles. The molecule has 0 spiro atoms. The van der Waals surface area contributed by atoms with Gasteiger partial charge in [-0.25, -0.2) is 4.98 Å². The van der Waals surface area contributed by atoms with E-state index in [9.17, 15) is 0 Å². The summed E-state index contributed by atoms with van der Waals surface area (Å²) in [5, 5.41) is 0. The quantitative estimate of drug-likeness (QED) is 0.790. The standard InChI is InChI=1S/C11H19N3/c1-2-14-9-13-8-10(14)11(6-7-12)4-3-5-11/h8-9H,2-7,12H2,1H3. The number of imidazole rings is 1. The minimum absolute atomic E-state index is 0.362. The van der Waals surface area contributed by atoms with Gasteiger partial charge in [0.15, 0.2) is 0 Å². The Morgan fingerprint density at radius 2 is 2.36 bits per heavy atom. The van der Waals surface area contributed by atoms with Crippen LogP contribution in [0.15, 0.2) is 12.5 Å². The topological polar surface area (TPSA) is 43.8 Å². The zero-order chi connectivity index (χ0) is 10.0. The smallest absolute Gasteiger partial charge is 0.0948 e. The first-order valence-corrected chi connectivity index (χ1v) is 5.53. The molecule has 1 aromatic rings. The maximum absolute atomic E-state index is 5.69. The average molecular weight is 193 g/mol. The van der Waals surface area contributed by atoms with E-state index in [-0.39, 0.29) is 0 Å². The van der Waals surface area contributed by atoms with E-state index < -0.39 is 0 Å². The van der Waals surface area contributed by atoms with Crippen LogP contribution in [0.4, 0.5) is 0 Å². The number of rotatable bonds is 4. The van der Waals surface area contributed by atoms with Gasteiger partial charge in [-0.2, -0.15) is 0 Å². The van der Waals surface area contributed by atoms with E-state index in [2.05, 4.69) is 16.5 Å². The van der Waals surface area contributed by atoms with Crippen molar-refractivity contribution in [1.82, 2.24) is 9.55 Å². The lowest BCUT2D eigenvalue weighted by Gasteiger charge is -2.42. The number of hydrogen-bond donors (Lipinski definition) is 1. The zero-order valence-electron chi connectivity index (χ0n) is 8.87. The van der Waals surface area contributed by atoms with Crippen molar-refractivity contribution in [3.05, 3.63) is 18.2 Å². The van der Waals surface area contributed by atoms with E-state index in [1.165, 1.54) is 25.0 Å². The molecule has 0 saturated heterocycles. The third-order valence-corrected chi connectivity index (χ3v) is 3.53. The first kappa shape index (κ1) is 9.71. The molecule has 0 aromatic carbocycles. The van der Waals surface area contributed by atoms with Gasteiger partial charge < -0.3 is 10.3 Å². The van der Waals surface area contributed by atoms with E-state index in [0.29, 0.717) is 5.41 Å². The summed E-state index contributed by atoms with van der Waals surface area (Å²) >= 11 is 0. The Morgan fingerprint density at radius 3 is 2.86 bits per heavy atom. The molecule has 0 aliphatic heterocycles. The van der Waals surface area contributed by atoms with Gasteiger partial charge in [0.2, 0.25) is 0 Å². The Bertz CT molecular complexity index is 299. The second-order valence-corrected chi connectivity index (χ2v) is 4.24. The largest absolute Gasteiger partial charge is 0.334 e. The fraction of sp³-hybridized carbons (Fsp3) is 0.727. The van der Waals surface area contributed by atoms with Crippen LogP contribution in [0, 0.1) is 0 Å². The molecule has 1 aliphatic rings. The molecule has 2 rings (SSSR count). The molecule has 3 nitrogen and oxygen atoms in total. The highest BCUT2D eigenvalue weighted by molar-refractivity contribution is 5.19. The first-order valence-electron chi connectivity index (χ1n) is 5.53. The lowest BCUT2D eigenvalue weighted by Crippen LogP contribution is -2.38. The maximum atomic E-state index is 5.69. The number of nitrogens with two attached hydrogens (primary N) is 1. The molecule has 2 N–H and O–H groups in total. The third kappa shape index (κ3) is 1.36. The van der Waals surface area contributed by atoms with Crippen molar-refractivity contribution in [2.75, 3.05) is 6.54 Å². The molecule has 1 fully saturated rings. The SMILES string of the molecule is CCn1cncc1C1(CCN)CCC1. The number of nitrogens with zero attached hydrogens (tertiary/aromatic N) is 2. The summed E-state index contributed by atoms with van der Waals surface area (Å²) in [5.74, 6) is 0. The molecule has 1 heterocycles. The molecule has 0 radical (unpaired) electrons. The van der Waals surface area contributed by atoms with Crippen molar-refractivity contribution in [2.45, 2.75) is 44.6 Å². The van der Waals surface area contributed by atoms with Crippen molar-refractivity contribution in [2.24, 2.45) is 5.73 Å². The Morgan fingerprint density at radius 1 is 1.57 bits per heavy atom. The molecular weight excluding hydrogens is 174 g/mol. The van der Waals surface area contributed by atoms with Gasteiger partial charge in [-0.3, -0.25) is 0 Å². The van der Waals surface area contributed by atoms with Gasteiger partial charge in [-0.05, 0) is 32.7 Å². The van der Waals surface area contributed by atoms with Gasteiger partial charge in [-0.1, -0.05) is 6.42 Å². The molecule has 0 amide bonds. The minimum Gasteiger partial charge on any atom is -0.334 e. The minimum atomic E-state index is 0.362. The summed E-state index contributed by atoms with van der Waals surface area (Å²) in [5.41, 5.74) is 7.45. The number of aromatic nitrogens is 2. The maximum Gasteiger partial charge on any atom is 0.0948 e. The van der Waals surface area contributed by atoms with Gasteiger partial charge in [0.25, 0.3) is 0 Å². The van der Waals surface area contributed by atoms with Gasteiger partial charge in [-0.15, -0.1) is 0 Å². The average Bonchev–Trinajstić information content (AvgIpc) is 2.59. The molecule has 1 saturated carbocycles. The van der Waals surface area contributed by atoms with Crippen LogP contribution in [0.3, 0.4) is 0 Å². The van der Waals surface area contributed by atoms with Crippen LogP contribution < -0.4 is 5.73 Å². The van der Waals surface area contributed by atoms with Crippen molar-refractivity contribution in [3.63, 3.8) is 0 Å². The zero-order valence-corrected chi connectivity index (χ0v) is 8.87. The molecule has 14 heavy (non-hydrogen) atoms. The molecule has 0 bridgehead atoms. The Kier molecular flexibility index (Phi) is 2.59. The second kappa shape index (κ2) is 3.73. The number of aryl methyl sites for hydroxylation is 1. The van der Waals surface area contributed by atoms with Crippen LogP contribution in [0.5, 0.6) is 0 Å². The van der Waals surface area contributed by atoms with Crippen LogP contribution in [-0.2, 0) is 12.0 Å². The van der Waals surface area contributed by atoms with Crippen LogP contribution in [0.2, 0.25) is 0 Å². The van der Waals surface area contributed by atoms with Crippen LogP contribution in [-0.4, -0.2) is 16.1 Å². The van der Waals surface area contributed by atoms with E-state index in [4.69, 9.17) is 5.73 Å². The normalized spacial score (nSPS) is 19.3. The van der Waals surface area contributed by atoms with Crippen LogP contribution in [0.25, 0.3) is 0 Å². The van der Waals surface area contributed by atoms with Crippen molar-refractivity contribution >= 4 is 0 Å². The second-order valence-electron chi connectivity index (χ2n) is 4.24. The summed E-state index contributed by atoms with van der Waals surface area (Å²) in [6.45, 7) is 3.97. The van der Waals surface area contributed by atoms with E-state index in [0.717, 1.165) is 19.5 Å². The molecular formula is C11H19N3. The van der Waals surface area contributed by atoms with Crippen LogP contribution >= 0.6 is 0 Å². The highest BCUT2D eigenvalue weighted by Gasteiger charge is 2.39. The fourth-order valence-corrected chi connectivity index (χ4v) is 2.53. The molecule has 0 unspecified atom stereocenters. The highest BCUT2D eigenvalue weighted by atomic mass is 15.1. The van der Waals surface area contributed by atoms with Crippen molar-refractivity contribution < 1.29 is 0 Å². The molecule has 3 heteroatoms. The Labute approximate surface area is 85.3 Å². The van der Waals surface area contributed by atoms with Gasteiger partial charge in [0.05, 0.1) is 6.33 Å². The lowest BCUT2D eigenvalue weighted by atomic mass is 9.64. The Hall–Kier alpha value is -0.830. The first-order chi connectivity index (χ1) is 6.82. The predicted molar refractivity (Wildman–Crippen MR) is 57.1 cm³/mol. The third-order valence-electron chi connectivity index (χ3n) is 3.53. The summed E-state index contributed by atoms with van der Waals surface area (Å²) in [6.07, 6.45) is 8.99. The Balaban J connectivity index is 2.26.